The monoisotopic (exact) mass is 415 g/mol. The third-order valence-corrected chi connectivity index (χ3v) is 6.42. The molecule has 30 heavy (non-hydrogen) atoms. The summed E-state index contributed by atoms with van der Waals surface area (Å²) in [6, 6.07) is 18.1. The van der Waals surface area contributed by atoms with Crippen molar-refractivity contribution in [2.24, 2.45) is 0 Å². The van der Waals surface area contributed by atoms with E-state index in [4.69, 9.17) is 10.00 Å². The van der Waals surface area contributed by atoms with Crippen molar-refractivity contribution in [3.05, 3.63) is 65.9 Å². The molecule has 150 valence electrons. The molecule has 7 heteroatoms. The molecule has 1 aliphatic rings. The van der Waals surface area contributed by atoms with Gasteiger partial charge in [0.2, 0.25) is 0 Å². The topological polar surface area (TPSA) is 79.5 Å². The average Bonchev–Trinajstić information content (AvgIpc) is 3.53. The summed E-state index contributed by atoms with van der Waals surface area (Å²) >= 11 is 1.64. The van der Waals surface area contributed by atoms with Gasteiger partial charge in [0, 0.05) is 35.0 Å². The van der Waals surface area contributed by atoms with E-state index in [0.29, 0.717) is 5.56 Å². The molecule has 0 aliphatic carbocycles. The molecule has 1 aliphatic heterocycles. The van der Waals surface area contributed by atoms with Crippen molar-refractivity contribution in [2.75, 3.05) is 6.61 Å². The number of nitrogens with one attached hydrogen (secondary N) is 1. The Morgan fingerprint density at radius 1 is 1.20 bits per heavy atom. The SMILES string of the molecule is N#Cc1cccc(CSc2nnc(-c3c[nH]c4ccccc34)n2CC2CCCO2)c1. The molecular weight excluding hydrogens is 394 g/mol. The van der Waals surface area contributed by atoms with Crippen LogP contribution < -0.4 is 0 Å². The predicted molar refractivity (Wildman–Crippen MR) is 117 cm³/mol. The maximum atomic E-state index is 9.15. The van der Waals surface area contributed by atoms with Crippen molar-refractivity contribution in [3.63, 3.8) is 0 Å². The highest BCUT2D eigenvalue weighted by atomic mass is 32.2. The van der Waals surface area contributed by atoms with E-state index in [1.165, 1.54) is 0 Å². The van der Waals surface area contributed by atoms with Crippen LogP contribution >= 0.6 is 11.8 Å². The van der Waals surface area contributed by atoms with E-state index >= 15 is 0 Å². The van der Waals surface area contributed by atoms with Crippen LogP contribution in [0.4, 0.5) is 0 Å². The molecule has 4 aromatic rings. The van der Waals surface area contributed by atoms with Crippen molar-refractivity contribution >= 4 is 22.7 Å². The summed E-state index contributed by atoms with van der Waals surface area (Å²) in [5, 5.41) is 20.2. The maximum Gasteiger partial charge on any atom is 0.191 e. The number of fused-ring (bicyclic) bond motifs is 1. The second kappa shape index (κ2) is 8.34. The molecule has 1 atom stereocenters. The number of nitriles is 1. The van der Waals surface area contributed by atoms with E-state index in [9.17, 15) is 0 Å². The van der Waals surface area contributed by atoms with Gasteiger partial charge in [0.25, 0.3) is 0 Å². The second-order valence-corrected chi connectivity index (χ2v) is 8.34. The molecule has 5 rings (SSSR count). The molecule has 0 spiro atoms. The number of aromatic nitrogens is 4. The van der Waals surface area contributed by atoms with Crippen molar-refractivity contribution in [2.45, 2.75) is 36.4 Å². The predicted octanol–water partition coefficient (Wildman–Crippen LogP) is 4.77. The van der Waals surface area contributed by atoms with Crippen LogP contribution in [-0.4, -0.2) is 32.5 Å². The first-order valence-electron chi connectivity index (χ1n) is 10.0. The number of rotatable bonds is 6. The van der Waals surface area contributed by atoms with Gasteiger partial charge >= 0.3 is 0 Å². The summed E-state index contributed by atoms with van der Waals surface area (Å²) in [6.07, 6.45) is 4.34. The fourth-order valence-corrected chi connectivity index (χ4v) is 4.78. The largest absolute Gasteiger partial charge is 0.376 e. The lowest BCUT2D eigenvalue weighted by atomic mass is 10.1. The molecule has 2 aromatic heterocycles. The van der Waals surface area contributed by atoms with Crippen LogP contribution in [0.5, 0.6) is 0 Å². The van der Waals surface area contributed by atoms with Crippen LogP contribution in [0, 0.1) is 11.3 Å². The molecule has 1 fully saturated rings. The minimum Gasteiger partial charge on any atom is -0.376 e. The van der Waals surface area contributed by atoms with Gasteiger partial charge in [-0.2, -0.15) is 5.26 Å². The molecule has 0 bridgehead atoms. The number of para-hydroxylation sites is 1. The van der Waals surface area contributed by atoms with Crippen molar-refractivity contribution in [1.29, 1.82) is 5.26 Å². The molecule has 2 aromatic carbocycles. The third-order valence-electron chi connectivity index (χ3n) is 5.38. The normalized spacial score (nSPS) is 16.2. The van der Waals surface area contributed by atoms with Crippen molar-refractivity contribution in [1.82, 2.24) is 19.7 Å². The third kappa shape index (κ3) is 3.72. The van der Waals surface area contributed by atoms with Gasteiger partial charge in [-0.15, -0.1) is 10.2 Å². The number of benzene rings is 2. The van der Waals surface area contributed by atoms with E-state index in [-0.39, 0.29) is 6.10 Å². The average molecular weight is 416 g/mol. The number of hydrogen-bond donors (Lipinski definition) is 1. The van der Waals surface area contributed by atoms with Crippen LogP contribution in [0.2, 0.25) is 0 Å². The molecule has 3 heterocycles. The molecule has 0 saturated carbocycles. The first-order chi connectivity index (χ1) is 14.8. The van der Waals surface area contributed by atoms with E-state index in [0.717, 1.165) is 64.8 Å². The van der Waals surface area contributed by atoms with Crippen LogP contribution in [0.25, 0.3) is 22.3 Å². The fraction of sp³-hybridized carbons (Fsp3) is 0.261. The highest BCUT2D eigenvalue weighted by molar-refractivity contribution is 7.98. The molecular formula is C23H21N5OS. The van der Waals surface area contributed by atoms with Gasteiger partial charge in [-0.3, -0.25) is 4.57 Å². The minimum absolute atomic E-state index is 0.186. The number of thioether (sulfide) groups is 1. The van der Waals surface area contributed by atoms with Crippen LogP contribution in [-0.2, 0) is 17.0 Å². The van der Waals surface area contributed by atoms with Gasteiger partial charge in [-0.05, 0) is 36.6 Å². The Morgan fingerprint density at radius 3 is 3.00 bits per heavy atom. The molecule has 6 nitrogen and oxygen atoms in total. The Labute approximate surface area is 178 Å². The molecule has 0 amide bonds. The lowest BCUT2D eigenvalue weighted by molar-refractivity contribution is 0.0953. The first kappa shape index (κ1) is 18.9. The van der Waals surface area contributed by atoms with Crippen molar-refractivity contribution < 1.29 is 4.74 Å². The Hall–Kier alpha value is -3.08. The van der Waals surface area contributed by atoms with E-state index < -0.39 is 0 Å². The van der Waals surface area contributed by atoms with Gasteiger partial charge in [-0.25, -0.2) is 0 Å². The number of ether oxygens (including phenoxy) is 1. The summed E-state index contributed by atoms with van der Waals surface area (Å²) < 4.78 is 8.09. The Balaban J connectivity index is 1.48. The standard InChI is InChI=1S/C23H21N5OS/c24-12-16-5-3-6-17(11-16)15-30-23-27-26-22(28(23)14-18-7-4-10-29-18)20-13-25-21-9-2-1-8-19(20)21/h1-3,5-6,8-9,11,13,18,25H,4,7,10,14-15H2. The lowest BCUT2D eigenvalue weighted by Crippen LogP contribution is -2.16. The van der Waals surface area contributed by atoms with E-state index in [2.05, 4.69) is 38.0 Å². The van der Waals surface area contributed by atoms with Gasteiger partial charge in [0.05, 0.1) is 24.3 Å². The number of aromatic amines is 1. The van der Waals surface area contributed by atoms with Crippen molar-refractivity contribution in [3.8, 4) is 17.5 Å². The molecule has 1 unspecified atom stereocenters. The Bertz CT molecular complexity index is 1220. The van der Waals surface area contributed by atoms with Gasteiger partial charge in [0.1, 0.15) is 0 Å². The number of hydrogen-bond acceptors (Lipinski definition) is 5. The maximum absolute atomic E-state index is 9.15. The van der Waals surface area contributed by atoms with Crippen LogP contribution in [0.15, 0.2) is 59.9 Å². The second-order valence-electron chi connectivity index (χ2n) is 7.40. The summed E-state index contributed by atoms with van der Waals surface area (Å²) in [5.74, 6) is 1.59. The van der Waals surface area contributed by atoms with Gasteiger partial charge in [0.15, 0.2) is 11.0 Å². The van der Waals surface area contributed by atoms with Gasteiger partial charge < -0.3 is 9.72 Å². The summed E-state index contributed by atoms with van der Waals surface area (Å²) in [7, 11) is 0. The Morgan fingerprint density at radius 2 is 2.13 bits per heavy atom. The quantitative estimate of drug-likeness (QED) is 0.459. The molecule has 1 saturated heterocycles. The number of H-pyrrole nitrogens is 1. The zero-order valence-electron chi connectivity index (χ0n) is 16.4. The zero-order valence-corrected chi connectivity index (χ0v) is 17.2. The van der Waals surface area contributed by atoms with E-state index in [1.54, 1.807) is 11.8 Å². The fourth-order valence-electron chi connectivity index (χ4n) is 3.89. The summed E-state index contributed by atoms with van der Waals surface area (Å²) in [6.45, 7) is 1.56. The Kier molecular flexibility index (Phi) is 5.26. The lowest BCUT2D eigenvalue weighted by Gasteiger charge is -2.14. The smallest absolute Gasteiger partial charge is 0.191 e. The van der Waals surface area contributed by atoms with E-state index in [1.807, 2.05) is 42.6 Å². The number of nitrogens with zero attached hydrogens (tertiary/aromatic N) is 4. The first-order valence-corrected chi connectivity index (χ1v) is 11.0. The zero-order chi connectivity index (χ0) is 20.3. The van der Waals surface area contributed by atoms with Gasteiger partial charge in [-0.1, -0.05) is 42.1 Å². The molecule has 0 radical (unpaired) electrons. The minimum atomic E-state index is 0.186. The molecule has 1 N–H and O–H groups in total. The highest BCUT2D eigenvalue weighted by Gasteiger charge is 2.23. The summed E-state index contributed by atoms with van der Waals surface area (Å²) in [4.78, 5) is 3.34. The van der Waals surface area contributed by atoms with Crippen LogP contribution in [0.1, 0.15) is 24.0 Å². The highest BCUT2D eigenvalue weighted by Crippen LogP contribution is 2.32. The summed E-state index contributed by atoms with van der Waals surface area (Å²) in [5.41, 5.74) is 3.91. The van der Waals surface area contributed by atoms with Crippen LogP contribution in [0.3, 0.4) is 0 Å².